The molecular weight excluding hydrogens is 342 g/mol. The van der Waals surface area contributed by atoms with Crippen LogP contribution in [-0.2, 0) is 11.3 Å². The molecule has 27 heavy (non-hydrogen) atoms. The number of nitrogens with zero attached hydrogens (tertiary/aromatic N) is 2. The lowest BCUT2D eigenvalue weighted by Crippen LogP contribution is -2.28. The Labute approximate surface area is 158 Å². The molecule has 3 rings (SSSR count). The second-order valence-corrected chi connectivity index (χ2v) is 5.73. The minimum absolute atomic E-state index is 0.0649. The summed E-state index contributed by atoms with van der Waals surface area (Å²) in [6.07, 6.45) is 1.50. The number of carbonyl (C=O) groups excluding carboxylic acids is 1. The Morgan fingerprint density at radius 1 is 0.963 bits per heavy atom. The van der Waals surface area contributed by atoms with Crippen molar-refractivity contribution < 1.29 is 14.3 Å². The van der Waals surface area contributed by atoms with Crippen molar-refractivity contribution in [1.29, 1.82) is 0 Å². The molecule has 0 saturated carbocycles. The predicted octanol–water partition coefficient (Wildman–Crippen LogP) is 3.24. The van der Waals surface area contributed by atoms with Gasteiger partial charge >= 0.3 is 0 Å². The fourth-order valence-electron chi connectivity index (χ4n) is 2.45. The summed E-state index contributed by atoms with van der Waals surface area (Å²) in [5.41, 5.74) is 2.56. The first-order chi connectivity index (χ1) is 13.2. The zero-order valence-corrected chi connectivity index (χ0v) is 15.1. The number of nitrogens with one attached hydrogen (secondary N) is 1. The Balaban J connectivity index is 1.49. The van der Waals surface area contributed by atoms with Gasteiger partial charge in [0.05, 0.1) is 24.5 Å². The summed E-state index contributed by atoms with van der Waals surface area (Å²) in [6, 6.07) is 18.9. The zero-order chi connectivity index (χ0) is 18.9. The summed E-state index contributed by atoms with van der Waals surface area (Å²) in [6.45, 7) is 2.78. The van der Waals surface area contributed by atoms with E-state index in [9.17, 15) is 4.79 Å². The molecule has 0 atom stereocenters. The van der Waals surface area contributed by atoms with Crippen LogP contribution in [0.25, 0.3) is 11.3 Å². The highest BCUT2D eigenvalue weighted by atomic mass is 16.5. The van der Waals surface area contributed by atoms with Crippen LogP contribution in [0.1, 0.15) is 12.6 Å². The number of hydrogen-bond donors (Lipinski definition) is 1. The number of ether oxygens (including phenoxy) is 2. The molecule has 0 unspecified atom stereocenters. The number of aromatic nitrogens is 2. The molecule has 6 nitrogen and oxygen atoms in total. The number of benzene rings is 2. The summed E-state index contributed by atoms with van der Waals surface area (Å²) in [5, 5.41) is 2.80. The number of rotatable bonds is 8. The Kier molecular flexibility index (Phi) is 6.35. The fourth-order valence-corrected chi connectivity index (χ4v) is 2.45. The van der Waals surface area contributed by atoms with Gasteiger partial charge in [-0.25, -0.2) is 9.97 Å². The highest BCUT2D eigenvalue weighted by molar-refractivity contribution is 5.77. The minimum atomic E-state index is -0.219. The molecule has 1 N–H and O–H groups in total. The molecule has 6 heteroatoms. The number of amides is 1. The molecule has 0 aliphatic heterocycles. The zero-order valence-electron chi connectivity index (χ0n) is 15.1. The second-order valence-electron chi connectivity index (χ2n) is 5.73. The van der Waals surface area contributed by atoms with Crippen LogP contribution in [0.5, 0.6) is 11.5 Å². The van der Waals surface area contributed by atoms with Gasteiger partial charge in [-0.15, -0.1) is 0 Å². The summed E-state index contributed by atoms with van der Waals surface area (Å²) >= 11 is 0. The van der Waals surface area contributed by atoms with E-state index in [1.54, 1.807) is 12.1 Å². The van der Waals surface area contributed by atoms with E-state index in [0.29, 0.717) is 18.9 Å². The third kappa shape index (κ3) is 5.54. The van der Waals surface area contributed by atoms with Crippen LogP contribution >= 0.6 is 0 Å². The standard InChI is InChI=1S/C21H21N3O3/c1-2-26-18-8-10-19(11-9-18)27-14-21(25)22-13-17-12-20(24-15-23-17)16-6-4-3-5-7-16/h3-12,15H,2,13-14H2,1H3,(H,22,25). The van der Waals surface area contributed by atoms with Crippen LogP contribution in [0.4, 0.5) is 0 Å². The molecule has 0 spiro atoms. The molecule has 1 aromatic heterocycles. The molecule has 1 heterocycles. The van der Waals surface area contributed by atoms with Crippen LogP contribution in [0.2, 0.25) is 0 Å². The van der Waals surface area contributed by atoms with Crippen LogP contribution in [-0.4, -0.2) is 29.1 Å². The van der Waals surface area contributed by atoms with Gasteiger partial charge in [0.1, 0.15) is 17.8 Å². The van der Waals surface area contributed by atoms with E-state index in [-0.39, 0.29) is 12.5 Å². The Hall–Kier alpha value is -3.41. The maximum atomic E-state index is 12.0. The molecule has 3 aromatic rings. The molecule has 0 aliphatic rings. The van der Waals surface area contributed by atoms with Gasteiger partial charge in [0.2, 0.25) is 0 Å². The third-order valence-electron chi connectivity index (χ3n) is 3.76. The van der Waals surface area contributed by atoms with Crippen LogP contribution in [0.15, 0.2) is 67.0 Å². The first-order valence-electron chi connectivity index (χ1n) is 8.73. The van der Waals surface area contributed by atoms with E-state index in [1.807, 2.05) is 55.5 Å². The van der Waals surface area contributed by atoms with E-state index in [0.717, 1.165) is 22.7 Å². The molecule has 0 saturated heterocycles. The van der Waals surface area contributed by atoms with Crippen LogP contribution in [0, 0.1) is 0 Å². The first-order valence-corrected chi connectivity index (χ1v) is 8.73. The summed E-state index contributed by atoms with van der Waals surface area (Å²) in [5.74, 6) is 1.16. The number of hydrogen-bond acceptors (Lipinski definition) is 5. The van der Waals surface area contributed by atoms with E-state index < -0.39 is 0 Å². The normalized spacial score (nSPS) is 10.3. The quantitative estimate of drug-likeness (QED) is 0.665. The third-order valence-corrected chi connectivity index (χ3v) is 3.76. The largest absolute Gasteiger partial charge is 0.494 e. The molecule has 138 valence electrons. The molecule has 2 aromatic carbocycles. The predicted molar refractivity (Wildman–Crippen MR) is 102 cm³/mol. The molecule has 0 fully saturated rings. The molecule has 1 amide bonds. The molecule has 0 radical (unpaired) electrons. The second kappa shape index (κ2) is 9.33. The van der Waals surface area contributed by atoms with Gasteiger partial charge in [-0.3, -0.25) is 4.79 Å². The topological polar surface area (TPSA) is 73.3 Å². The average Bonchev–Trinajstić information content (AvgIpc) is 2.73. The van der Waals surface area contributed by atoms with Crippen molar-refractivity contribution in [3.05, 3.63) is 72.7 Å². The van der Waals surface area contributed by atoms with Gasteiger partial charge in [0.15, 0.2) is 6.61 Å². The Morgan fingerprint density at radius 3 is 2.37 bits per heavy atom. The van der Waals surface area contributed by atoms with Gasteiger partial charge in [-0.1, -0.05) is 30.3 Å². The van der Waals surface area contributed by atoms with Gasteiger partial charge in [-0.2, -0.15) is 0 Å². The maximum absolute atomic E-state index is 12.0. The van der Waals surface area contributed by atoms with Crippen molar-refractivity contribution in [3.63, 3.8) is 0 Å². The Morgan fingerprint density at radius 2 is 1.67 bits per heavy atom. The summed E-state index contributed by atoms with van der Waals surface area (Å²) < 4.78 is 10.9. The van der Waals surface area contributed by atoms with Crippen molar-refractivity contribution in [3.8, 4) is 22.8 Å². The Bertz CT molecular complexity index is 867. The molecule has 0 aliphatic carbocycles. The molecule has 0 bridgehead atoms. The SMILES string of the molecule is CCOc1ccc(OCC(=O)NCc2cc(-c3ccccc3)ncn2)cc1. The van der Waals surface area contributed by atoms with Crippen molar-refractivity contribution in [2.24, 2.45) is 0 Å². The first kappa shape index (κ1) is 18.4. The maximum Gasteiger partial charge on any atom is 0.258 e. The van der Waals surface area contributed by atoms with E-state index in [4.69, 9.17) is 9.47 Å². The van der Waals surface area contributed by atoms with Crippen LogP contribution < -0.4 is 14.8 Å². The van der Waals surface area contributed by atoms with Gasteiger partial charge in [-0.05, 0) is 37.3 Å². The van der Waals surface area contributed by atoms with Crippen molar-refractivity contribution >= 4 is 5.91 Å². The monoisotopic (exact) mass is 363 g/mol. The van der Waals surface area contributed by atoms with Crippen LogP contribution in [0.3, 0.4) is 0 Å². The van der Waals surface area contributed by atoms with Gasteiger partial charge in [0.25, 0.3) is 5.91 Å². The number of carbonyl (C=O) groups is 1. The lowest BCUT2D eigenvalue weighted by Gasteiger charge is -2.09. The summed E-state index contributed by atoms with van der Waals surface area (Å²) in [7, 11) is 0. The minimum Gasteiger partial charge on any atom is -0.494 e. The summed E-state index contributed by atoms with van der Waals surface area (Å²) in [4.78, 5) is 20.5. The van der Waals surface area contributed by atoms with E-state index in [2.05, 4.69) is 15.3 Å². The van der Waals surface area contributed by atoms with E-state index in [1.165, 1.54) is 6.33 Å². The fraction of sp³-hybridized carbons (Fsp3) is 0.190. The van der Waals surface area contributed by atoms with Crippen molar-refractivity contribution in [1.82, 2.24) is 15.3 Å². The van der Waals surface area contributed by atoms with Gasteiger partial charge in [0, 0.05) is 5.56 Å². The smallest absolute Gasteiger partial charge is 0.258 e. The van der Waals surface area contributed by atoms with Crippen molar-refractivity contribution in [2.75, 3.05) is 13.2 Å². The highest BCUT2D eigenvalue weighted by Gasteiger charge is 2.06. The average molecular weight is 363 g/mol. The lowest BCUT2D eigenvalue weighted by molar-refractivity contribution is -0.123. The lowest BCUT2D eigenvalue weighted by atomic mass is 10.1. The van der Waals surface area contributed by atoms with E-state index >= 15 is 0 Å². The highest BCUT2D eigenvalue weighted by Crippen LogP contribution is 2.18. The molecular formula is C21H21N3O3. The van der Waals surface area contributed by atoms with Gasteiger partial charge < -0.3 is 14.8 Å². The van der Waals surface area contributed by atoms with Crippen molar-refractivity contribution in [2.45, 2.75) is 13.5 Å².